The van der Waals surface area contributed by atoms with Crippen molar-refractivity contribution in [1.29, 1.82) is 0 Å². The second-order valence-corrected chi connectivity index (χ2v) is 5.43. The van der Waals surface area contributed by atoms with Crippen LogP contribution in [0.1, 0.15) is 21.5 Å². The van der Waals surface area contributed by atoms with Gasteiger partial charge >= 0.3 is 0 Å². The fraction of sp³-hybridized carbons (Fsp3) is 0.278. The third kappa shape index (κ3) is 5.09. The Morgan fingerprint density at radius 3 is 2.70 bits per heavy atom. The molecule has 1 unspecified atom stereocenters. The fourth-order valence-electron chi connectivity index (χ4n) is 2.23. The molecule has 0 spiro atoms. The van der Waals surface area contributed by atoms with Crippen LogP contribution in [0.2, 0.25) is 0 Å². The number of aliphatic hydroxyl groups excluding tert-OH is 2. The van der Waals surface area contributed by atoms with Crippen LogP contribution in [-0.2, 0) is 6.54 Å². The van der Waals surface area contributed by atoms with E-state index in [1.807, 2.05) is 37.3 Å². The predicted molar refractivity (Wildman–Crippen MR) is 90.4 cm³/mol. The van der Waals surface area contributed by atoms with Gasteiger partial charge in [-0.3, -0.25) is 4.79 Å². The van der Waals surface area contributed by atoms with Crippen molar-refractivity contribution in [1.82, 2.24) is 5.32 Å². The van der Waals surface area contributed by atoms with Crippen LogP contribution in [-0.4, -0.2) is 35.4 Å². The first kappa shape index (κ1) is 17.0. The number of hydrogen-bond acceptors (Lipinski definition) is 4. The Hall–Kier alpha value is -2.37. The number of benzene rings is 2. The Labute approximate surface area is 136 Å². The largest absolute Gasteiger partial charge is 0.394 e. The highest BCUT2D eigenvalue weighted by Gasteiger charge is 2.11. The molecule has 0 saturated heterocycles. The Bertz CT molecular complexity index is 658. The Balaban J connectivity index is 2.01. The summed E-state index contributed by atoms with van der Waals surface area (Å²) in [4.78, 5) is 12.4. The fourth-order valence-corrected chi connectivity index (χ4v) is 2.23. The average Bonchev–Trinajstić information content (AvgIpc) is 2.58. The van der Waals surface area contributed by atoms with Crippen molar-refractivity contribution in [2.24, 2.45) is 0 Å². The van der Waals surface area contributed by atoms with Crippen molar-refractivity contribution < 1.29 is 15.0 Å². The van der Waals surface area contributed by atoms with Crippen LogP contribution >= 0.6 is 0 Å². The number of anilines is 1. The highest BCUT2D eigenvalue weighted by molar-refractivity contribution is 5.99. The third-order valence-corrected chi connectivity index (χ3v) is 3.45. The number of hydrogen-bond donors (Lipinski definition) is 4. The molecule has 0 aliphatic heterocycles. The molecule has 0 aliphatic rings. The first-order valence-corrected chi connectivity index (χ1v) is 7.55. The minimum absolute atomic E-state index is 0.179. The van der Waals surface area contributed by atoms with Crippen LogP contribution in [0.5, 0.6) is 0 Å². The molecule has 0 aromatic heterocycles. The number of carbonyl (C=O) groups is 1. The first-order valence-electron chi connectivity index (χ1n) is 7.55. The Morgan fingerprint density at radius 1 is 1.17 bits per heavy atom. The van der Waals surface area contributed by atoms with Crippen LogP contribution in [0.3, 0.4) is 0 Å². The van der Waals surface area contributed by atoms with Crippen molar-refractivity contribution in [2.45, 2.75) is 19.6 Å². The molecule has 1 amide bonds. The second kappa shape index (κ2) is 8.31. The molecule has 0 radical (unpaired) electrons. The van der Waals surface area contributed by atoms with Crippen LogP contribution < -0.4 is 10.6 Å². The van der Waals surface area contributed by atoms with E-state index in [0.717, 1.165) is 11.1 Å². The van der Waals surface area contributed by atoms with E-state index in [4.69, 9.17) is 5.11 Å². The van der Waals surface area contributed by atoms with Crippen LogP contribution in [0.25, 0.3) is 0 Å². The minimum Gasteiger partial charge on any atom is -0.394 e. The molecule has 0 fully saturated rings. The van der Waals surface area contributed by atoms with Gasteiger partial charge in [-0.05, 0) is 24.6 Å². The summed E-state index contributed by atoms with van der Waals surface area (Å²) in [6.07, 6.45) is -0.863. The SMILES string of the molecule is Cc1cccc(CNC(=O)c2ccccc2NCC(O)CO)c1. The van der Waals surface area contributed by atoms with Gasteiger partial charge in [0.15, 0.2) is 0 Å². The molecule has 23 heavy (non-hydrogen) atoms. The van der Waals surface area contributed by atoms with E-state index in [1.165, 1.54) is 0 Å². The van der Waals surface area contributed by atoms with Gasteiger partial charge in [0.1, 0.15) is 0 Å². The lowest BCUT2D eigenvalue weighted by molar-refractivity contribution is 0.0950. The number of nitrogens with one attached hydrogen (secondary N) is 2. The summed E-state index contributed by atoms with van der Waals surface area (Å²) in [5.41, 5.74) is 3.32. The smallest absolute Gasteiger partial charge is 0.253 e. The van der Waals surface area contributed by atoms with Crippen molar-refractivity contribution in [3.05, 3.63) is 65.2 Å². The van der Waals surface area contributed by atoms with Crippen LogP contribution in [0.15, 0.2) is 48.5 Å². The molecule has 0 heterocycles. The molecule has 2 aromatic carbocycles. The van der Waals surface area contributed by atoms with Crippen molar-refractivity contribution >= 4 is 11.6 Å². The molecule has 5 nitrogen and oxygen atoms in total. The zero-order chi connectivity index (χ0) is 16.7. The quantitative estimate of drug-likeness (QED) is 0.627. The lowest BCUT2D eigenvalue weighted by Crippen LogP contribution is -2.26. The van der Waals surface area contributed by atoms with Gasteiger partial charge in [0.05, 0.1) is 18.3 Å². The zero-order valence-electron chi connectivity index (χ0n) is 13.1. The molecule has 2 rings (SSSR count). The van der Waals surface area contributed by atoms with E-state index in [0.29, 0.717) is 17.8 Å². The van der Waals surface area contributed by atoms with E-state index in [1.54, 1.807) is 18.2 Å². The summed E-state index contributed by atoms with van der Waals surface area (Å²) in [6, 6.07) is 15.1. The lowest BCUT2D eigenvalue weighted by Gasteiger charge is -2.14. The maximum absolute atomic E-state index is 12.4. The molecule has 0 bridgehead atoms. The maximum atomic E-state index is 12.4. The summed E-state index contributed by atoms with van der Waals surface area (Å²) in [7, 11) is 0. The van der Waals surface area contributed by atoms with E-state index < -0.39 is 6.10 Å². The van der Waals surface area contributed by atoms with E-state index >= 15 is 0 Å². The van der Waals surface area contributed by atoms with Gasteiger partial charge in [0, 0.05) is 18.8 Å². The van der Waals surface area contributed by atoms with Gasteiger partial charge in [-0.1, -0.05) is 42.0 Å². The van der Waals surface area contributed by atoms with E-state index in [2.05, 4.69) is 10.6 Å². The topological polar surface area (TPSA) is 81.6 Å². The first-order chi connectivity index (χ1) is 11.1. The average molecular weight is 314 g/mol. The molecular weight excluding hydrogens is 292 g/mol. The summed E-state index contributed by atoms with van der Waals surface area (Å²) in [6.45, 7) is 2.32. The highest BCUT2D eigenvalue weighted by Crippen LogP contribution is 2.15. The summed E-state index contributed by atoms with van der Waals surface area (Å²) >= 11 is 0. The summed E-state index contributed by atoms with van der Waals surface area (Å²) in [5.74, 6) is -0.187. The normalized spacial score (nSPS) is 11.8. The van der Waals surface area contributed by atoms with Gasteiger partial charge in [0.25, 0.3) is 5.91 Å². The maximum Gasteiger partial charge on any atom is 0.253 e. The minimum atomic E-state index is -0.863. The van der Waals surface area contributed by atoms with Crippen molar-refractivity contribution in [3.8, 4) is 0 Å². The van der Waals surface area contributed by atoms with E-state index in [-0.39, 0.29) is 19.1 Å². The molecule has 5 heteroatoms. The van der Waals surface area contributed by atoms with Crippen molar-refractivity contribution in [3.63, 3.8) is 0 Å². The Morgan fingerprint density at radius 2 is 1.96 bits per heavy atom. The van der Waals surface area contributed by atoms with Gasteiger partial charge in [-0.2, -0.15) is 0 Å². The van der Waals surface area contributed by atoms with Crippen LogP contribution in [0.4, 0.5) is 5.69 Å². The molecule has 0 aliphatic carbocycles. The molecule has 0 saturated carbocycles. The third-order valence-electron chi connectivity index (χ3n) is 3.45. The second-order valence-electron chi connectivity index (χ2n) is 5.43. The number of rotatable bonds is 7. The van der Waals surface area contributed by atoms with Crippen LogP contribution in [0, 0.1) is 6.92 Å². The zero-order valence-corrected chi connectivity index (χ0v) is 13.1. The number of carbonyl (C=O) groups excluding carboxylic acids is 1. The lowest BCUT2D eigenvalue weighted by atomic mass is 10.1. The molecule has 122 valence electrons. The molecular formula is C18H22N2O3. The number of aliphatic hydroxyl groups is 2. The number of para-hydroxylation sites is 1. The number of aryl methyl sites for hydroxylation is 1. The monoisotopic (exact) mass is 314 g/mol. The Kier molecular flexibility index (Phi) is 6.14. The molecule has 1 atom stereocenters. The van der Waals surface area contributed by atoms with E-state index in [9.17, 15) is 9.90 Å². The number of amides is 1. The molecule has 4 N–H and O–H groups in total. The summed E-state index contributed by atoms with van der Waals surface area (Å²) < 4.78 is 0. The predicted octanol–water partition coefficient (Wildman–Crippen LogP) is 1.69. The molecule has 2 aromatic rings. The standard InChI is InChI=1S/C18H22N2O3/c1-13-5-4-6-14(9-13)10-20-18(23)16-7-2-3-8-17(16)19-11-15(22)12-21/h2-9,15,19,21-22H,10-12H2,1H3,(H,20,23). The van der Waals surface area contributed by atoms with Gasteiger partial charge in [0.2, 0.25) is 0 Å². The van der Waals surface area contributed by atoms with Crippen molar-refractivity contribution in [2.75, 3.05) is 18.5 Å². The highest BCUT2D eigenvalue weighted by atomic mass is 16.3. The van der Waals surface area contributed by atoms with Gasteiger partial charge < -0.3 is 20.8 Å². The van der Waals surface area contributed by atoms with Gasteiger partial charge in [-0.15, -0.1) is 0 Å². The summed E-state index contributed by atoms with van der Waals surface area (Å²) in [5, 5.41) is 24.1. The van der Waals surface area contributed by atoms with Gasteiger partial charge in [-0.25, -0.2) is 0 Å².